The van der Waals surface area contributed by atoms with E-state index in [9.17, 15) is 0 Å². The zero-order valence-electron chi connectivity index (χ0n) is 10.4. The van der Waals surface area contributed by atoms with Gasteiger partial charge in [-0.2, -0.15) is 0 Å². The van der Waals surface area contributed by atoms with Crippen LogP contribution in [0.5, 0.6) is 0 Å². The predicted octanol–water partition coefficient (Wildman–Crippen LogP) is 3.02. The number of benzene rings is 1. The van der Waals surface area contributed by atoms with Crippen molar-refractivity contribution in [1.82, 2.24) is 0 Å². The lowest BCUT2D eigenvalue weighted by Crippen LogP contribution is -2.49. The molecule has 0 unspecified atom stereocenters. The van der Waals surface area contributed by atoms with Crippen molar-refractivity contribution >= 4 is 8.07 Å². The molecule has 0 aliphatic carbocycles. The normalized spacial score (nSPS) is 18.9. The Bertz CT molecular complexity index is 340. The maximum absolute atomic E-state index is 2.47. The molecule has 0 bridgehead atoms. The minimum atomic E-state index is -0.962. The molecule has 1 aliphatic heterocycles. The molecule has 0 atom stereocenters. The summed E-state index contributed by atoms with van der Waals surface area (Å²) in [5.74, 6) is 0. The van der Waals surface area contributed by atoms with E-state index in [1.54, 1.807) is 11.1 Å². The van der Waals surface area contributed by atoms with Crippen molar-refractivity contribution in [1.29, 1.82) is 0 Å². The zero-order chi connectivity index (χ0) is 11.1. The quantitative estimate of drug-likeness (QED) is 0.531. The Hall–Kier alpha value is -0.603. The van der Waals surface area contributed by atoms with Gasteiger partial charge in [-0.05, 0) is 0 Å². The largest absolute Gasteiger partial charge is 0.322 e. The first kappa shape index (κ1) is 10.9. The monoisotopic (exact) mass is 220 g/mol. The Morgan fingerprint density at radius 3 is 1.93 bits per heavy atom. The summed E-state index contributed by atoms with van der Waals surface area (Å²) in [7, 11) is 1.45. The highest BCUT2D eigenvalue weighted by molar-refractivity contribution is 6.75. The molecule has 0 amide bonds. The van der Waals surface area contributed by atoms with Crippen LogP contribution in [0.25, 0.3) is 0 Å². The fraction of sp³-hybridized carbons (Fsp3) is 0.538. The minimum absolute atomic E-state index is 0.962. The molecular weight excluding hydrogens is 198 g/mol. The summed E-state index contributed by atoms with van der Waals surface area (Å²) in [5.41, 5.74) is 3.14. The standard InChI is InChI=1S/C13H22NSi/c1-14(11-15(2,3)4)9-12-7-5-6-8-13(12)10-14/h5-8H,9-11H2,1-4H3/q+1. The van der Waals surface area contributed by atoms with Gasteiger partial charge in [-0.1, -0.05) is 43.9 Å². The van der Waals surface area contributed by atoms with Gasteiger partial charge in [0.1, 0.15) is 21.2 Å². The van der Waals surface area contributed by atoms with Gasteiger partial charge >= 0.3 is 0 Å². The van der Waals surface area contributed by atoms with Crippen molar-refractivity contribution in [3.05, 3.63) is 35.4 Å². The fourth-order valence-electron chi connectivity index (χ4n) is 3.00. The van der Waals surface area contributed by atoms with E-state index in [1.165, 1.54) is 23.7 Å². The molecule has 0 saturated heterocycles. The van der Waals surface area contributed by atoms with Crippen LogP contribution in [0.1, 0.15) is 11.1 Å². The Morgan fingerprint density at radius 2 is 1.53 bits per heavy atom. The van der Waals surface area contributed by atoms with Crippen LogP contribution in [0.4, 0.5) is 0 Å². The first-order valence-corrected chi connectivity index (χ1v) is 9.49. The van der Waals surface area contributed by atoms with Gasteiger partial charge in [0.15, 0.2) is 0 Å². The van der Waals surface area contributed by atoms with Gasteiger partial charge in [0.05, 0.1) is 13.2 Å². The van der Waals surface area contributed by atoms with Gasteiger partial charge in [-0.15, -0.1) is 0 Å². The molecule has 0 spiro atoms. The smallest absolute Gasteiger partial charge is 0.110 e. The van der Waals surface area contributed by atoms with E-state index in [1.807, 2.05) is 0 Å². The third-order valence-electron chi connectivity index (χ3n) is 3.08. The summed E-state index contributed by atoms with van der Waals surface area (Å²) in [6.45, 7) is 9.89. The van der Waals surface area contributed by atoms with Crippen LogP contribution in [0.3, 0.4) is 0 Å². The van der Waals surface area contributed by atoms with Crippen molar-refractivity contribution < 1.29 is 4.48 Å². The molecule has 1 aliphatic rings. The molecule has 2 heteroatoms. The second kappa shape index (κ2) is 3.46. The lowest BCUT2D eigenvalue weighted by molar-refractivity contribution is -0.919. The summed E-state index contributed by atoms with van der Waals surface area (Å²) in [4.78, 5) is 0. The van der Waals surface area contributed by atoms with Crippen molar-refractivity contribution in [2.75, 3.05) is 13.2 Å². The molecule has 1 aromatic rings. The molecule has 1 aromatic carbocycles. The van der Waals surface area contributed by atoms with E-state index in [-0.39, 0.29) is 0 Å². The van der Waals surface area contributed by atoms with E-state index in [2.05, 4.69) is 51.0 Å². The van der Waals surface area contributed by atoms with Gasteiger partial charge in [0.25, 0.3) is 0 Å². The van der Waals surface area contributed by atoms with Crippen LogP contribution in [0.15, 0.2) is 24.3 Å². The Balaban J connectivity index is 2.18. The van der Waals surface area contributed by atoms with Crippen molar-refractivity contribution in [2.24, 2.45) is 0 Å². The Labute approximate surface area is 94.3 Å². The molecule has 0 fully saturated rings. The molecule has 15 heavy (non-hydrogen) atoms. The number of hydrogen-bond acceptors (Lipinski definition) is 0. The van der Waals surface area contributed by atoms with Crippen LogP contribution in [0.2, 0.25) is 19.6 Å². The second-order valence-corrected chi connectivity index (χ2v) is 11.9. The van der Waals surface area contributed by atoms with E-state index in [0.29, 0.717) is 0 Å². The summed E-state index contributed by atoms with van der Waals surface area (Å²) in [6.07, 6.45) is 1.39. The third kappa shape index (κ3) is 2.50. The van der Waals surface area contributed by atoms with Crippen LogP contribution in [-0.4, -0.2) is 25.8 Å². The highest BCUT2D eigenvalue weighted by Crippen LogP contribution is 2.29. The van der Waals surface area contributed by atoms with Crippen molar-refractivity contribution in [2.45, 2.75) is 32.7 Å². The number of nitrogens with zero attached hydrogens (tertiary/aromatic N) is 1. The van der Waals surface area contributed by atoms with Crippen LogP contribution in [-0.2, 0) is 13.1 Å². The Kier molecular flexibility index (Phi) is 2.51. The van der Waals surface area contributed by atoms with Crippen molar-refractivity contribution in [3.8, 4) is 0 Å². The zero-order valence-corrected chi connectivity index (χ0v) is 11.4. The molecule has 0 saturated carbocycles. The van der Waals surface area contributed by atoms with E-state index in [0.717, 1.165) is 0 Å². The fourth-order valence-corrected chi connectivity index (χ4v) is 5.52. The van der Waals surface area contributed by atoms with E-state index >= 15 is 0 Å². The summed E-state index contributed by atoms with van der Waals surface area (Å²) in [5, 5.41) is 0. The predicted molar refractivity (Wildman–Crippen MR) is 68.2 cm³/mol. The van der Waals surface area contributed by atoms with E-state index in [4.69, 9.17) is 0 Å². The van der Waals surface area contributed by atoms with Crippen molar-refractivity contribution in [3.63, 3.8) is 0 Å². The van der Waals surface area contributed by atoms with Gasteiger partial charge < -0.3 is 4.48 Å². The molecule has 0 aromatic heterocycles. The number of quaternary nitrogens is 1. The highest BCUT2D eigenvalue weighted by Gasteiger charge is 2.35. The highest BCUT2D eigenvalue weighted by atomic mass is 28.3. The lowest BCUT2D eigenvalue weighted by Gasteiger charge is -2.34. The summed E-state index contributed by atoms with van der Waals surface area (Å²) in [6, 6.07) is 8.93. The maximum Gasteiger partial charge on any atom is 0.110 e. The average Bonchev–Trinajstić information content (AvgIpc) is 2.35. The number of rotatable bonds is 2. The van der Waals surface area contributed by atoms with Gasteiger partial charge in [0, 0.05) is 11.1 Å². The lowest BCUT2D eigenvalue weighted by atomic mass is 10.1. The topological polar surface area (TPSA) is 0 Å². The first-order valence-electron chi connectivity index (χ1n) is 5.78. The van der Waals surface area contributed by atoms with E-state index < -0.39 is 8.07 Å². The third-order valence-corrected chi connectivity index (χ3v) is 4.79. The van der Waals surface area contributed by atoms with Gasteiger partial charge in [0.2, 0.25) is 0 Å². The molecule has 1 heterocycles. The molecular formula is C13H22NSi+. The molecule has 82 valence electrons. The van der Waals surface area contributed by atoms with Crippen LogP contribution >= 0.6 is 0 Å². The van der Waals surface area contributed by atoms with Gasteiger partial charge in [-0.3, -0.25) is 0 Å². The average molecular weight is 220 g/mol. The molecule has 0 N–H and O–H groups in total. The maximum atomic E-state index is 2.47. The van der Waals surface area contributed by atoms with Gasteiger partial charge in [-0.25, -0.2) is 0 Å². The van der Waals surface area contributed by atoms with Crippen LogP contribution in [0, 0.1) is 0 Å². The first-order chi connectivity index (χ1) is 6.88. The molecule has 0 radical (unpaired) electrons. The number of hydrogen-bond donors (Lipinski definition) is 0. The second-order valence-electron chi connectivity index (χ2n) is 6.42. The number of fused-ring (bicyclic) bond motifs is 1. The SMILES string of the molecule is C[N+]1(C[Si](C)(C)C)Cc2ccccc2C1. The summed E-state index contributed by atoms with van der Waals surface area (Å²) >= 11 is 0. The molecule has 1 nitrogen and oxygen atoms in total. The van der Waals surface area contributed by atoms with Crippen LogP contribution < -0.4 is 0 Å². The summed E-state index contributed by atoms with van der Waals surface area (Å²) < 4.78 is 1.23. The minimum Gasteiger partial charge on any atom is -0.322 e. The molecule has 2 rings (SSSR count). The Morgan fingerprint density at radius 1 is 1.07 bits per heavy atom.